The van der Waals surface area contributed by atoms with Gasteiger partial charge >= 0.3 is 0 Å². The van der Waals surface area contributed by atoms with Gasteiger partial charge in [0.15, 0.2) is 0 Å². The van der Waals surface area contributed by atoms with Crippen LogP contribution >= 0.6 is 12.2 Å². The normalized spacial score (nSPS) is 14.8. The molecule has 0 spiro atoms. The number of hydrogen-bond acceptors (Lipinski definition) is 3. The number of para-hydroxylation sites is 1. The van der Waals surface area contributed by atoms with Gasteiger partial charge in [0, 0.05) is 36.6 Å². The summed E-state index contributed by atoms with van der Waals surface area (Å²) in [6.07, 6.45) is 3.38. The lowest BCUT2D eigenvalue weighted by atomic mass is 10.1. The highest BCUT2D eigenvalue weighted by Gasteiger charge is 2.29. The number of pyridine rings is 1. The Hall–Kier alpha value is -1.52. The molecule has 1 aliphatic carbocycles. The van der Waals surface area contributed by atoms with Gasteiger partial charge in [-0.2, -0.15) is 0 Å². The van der Waals surface area contributed by atoms with Gasteiger partial charge in [0.1, 0.15) is 0 Å². The molecular weight excluding hydrogens is 278 g/mol. The summed E-state index contributed by atoms with van der Waals surface area (Å²) in [6.45, 7) is 3.97. The maximum Gasteiger partial charge on any atom is 0.0740 e. The van der Waals surface area contributed by atoms with Crippen LogP contribution in [0.2, 0.25) is 0 Å². The molecule has 110 valence electrons. The van der Waals surface area contributed by atoms with Crippen molar-refractivity contribution in [2.24, 2.45) is 5.73 Å². The van der Waals surface area contributed by atoms with Crippen LogP contribution in [0.25, 0.3) is 10.9 Å². The van der Waals surface area contributed by atoms with E-state index in [0.717, 1.165) is 30.7 Å². The van der Waals surface area contributed by atoms with Crippen LogP contribution in [-0.4, -0.2) is 27.5 Å². The third-order valence-electron chi connectivity index (χ3n) is 4.01. The number of thiocarbonyl (C=S) groups is 1. The number of aromatic nitrogens is 1. The highest BCUT2D eigenvalue weighted by molar-refractivity contribution is 7.80. The quantitative estimate of drug-likeness (QED) is 0.832. The monoisotopic (exact) mass is 299 g/mol. The van der Waals surface area contributed by atoms with Gasteiger partial charge < -0.3 is 5.73 Å². The molecule has 1 heterocycles. The van der Waals surface area contributed by atoms with E-state index in [9.17, 15) is 0 Å². The standard InChI is InChI=1S/C17H21N3S/c1-12-10-13(15-4-2-3-5-16(15)19-12)11-20(14-6-7-14)9-8-17(18)21/h2-5,10,14H,6-9,11H2,1H3,(H2,18,21). The Morgan fingerprint density at radius 1 is 1.38 bits per heavy atom. The summed E-state index contributed by atoms with van der Waals surface area (Å²) in [7, 11) is 0. The first-order valence-electron chi connectivity index (χ1n) is 7.51. The topological polar surface area (TPSA) is 42.1 Å². The second kappa shape index (κ2) is 6.08. The van der Waals surface area contributed by atoms with Crippen molar-refractivity contribution in [2.75, 3.05) is 6.54 Å². The van der Waals surface area contributed by atoms with Crippen LogP contribution in [0.15, 0.2) is 30.3 Å². The first kappa shape index (κ1) is 14.4. The second-order valence-electron chi connectivity index (χ2n) is 5.86. The van der Waals surface area contributed by atoms with Crippen molar-refractivity contribution in [3.63, 3.8) is 0 Å². The van der Waals surface area contributed by atoms with Crippen molar-refractivity contribution < 1.29 is 0 Å². The van der Waals surface area contributed by atoms with E-state index in [4.69, 9.17) is 18.0 Å². The fourth-order valence-corrected chi connectivity index (χ4v) is 2.92. The largest absolute Gasteiger partial charge is 0.393 e. The molecule has 0 bridgehead atoms. The maximum absolute atomic E-state index is 5.66. The Balaban J connectivity index is 1.86. The lowest BCUT2D eigenvalue weighted by molar-refractivity contribution is 0.263. The van der Waals surface area contributed by atoms with E-state index in [2.05, 4.69) is 41.1 Å². The number of rotatable bonds is 6. The molecule has 4 heteroatoms. The van der Waals surface area contributed by atoms with Crippen molar-refractivity contribution in [3.05, 3.63) is 41.6 Å². The summed E-state index contributed by atoms with van der Waals surface area (Å²) in [4.78, 5) is 7.74. The van der Waals surface area contributed by atoms with E-state index in [0.29, 0.717) is 11.0 Å². The zero-order valence-electron chi connectivity index (χ0n) is 12.4. The molecule has 0 unspecified atom stereocenters. The number of nitrogens with two attached hydrogens (primary N) is 1. The van der Waals surface area contributed by atoms with Crippen molar-refractivity contribution in [2.45, 2.75) is 38.8 Å². The molecule has 1 fully saturated rings. The average Bonchev–Trinajstić information content (AvgIpc) is 3.27. The molecule has 21 heavy (non-hydrogen) atoms. The summed E-state index contributed by atoms with van der Waals surface area (Å²) in [5.41, 5.74) is 9.18. The van der Waals surface area contributed by atoms with Gasteiger partial charge in [-0.15, -0.1) is 0 Å². The third-order valence-corrected chi connectivity index (χ3v) is 4.22. The van der Waals surface area contributed by atoms with Crippen LogP contribution in [0.4, 0.5) is 0 Å². The second-order valence-corrected chi connectivity index (χ2v) is 6.38. The molecule has 2 aromatic rings. The fourth-order valence-electron chi connectivity index (χ4n) is 2.83. The van der Waals surface area contributed by atoms with Crippen LogP contribution in [0.3, 0.4) is 0 Å². The Morgan fingerprint density at radius 3 is 2.86 bits per heavy atom. The minimum absolute atomic E-state index is 0.608. The molecule has 0 aliphatic heterocycles. The predicted octanol–water partition coefficient (Wildman–Crippen LogP) is 3.18. The molecule has 2 N–H and O–H groups in total. The van der Waals surface area contributed by atoms with Gasteiger partial charge in [-0.3, -0.25) is 9.88 Å². The fraction of sp³-hybridized carbons (Fsp3) is 0.412. The molecule has 0 saturated heterocycles. The predicted molar refractivity (Wildman–Crippen MR) is 91.3 cm³/mol. The van der Waals surface area contributed by atoms with Crippen LogP contribution in [0.5, 0.6) is 0 Å². The van der Waals surface area contributed by atoms with Gasteiger partial charge in [-0.1, -0.05) is 30.4 Å². The van der Waals surface area contributed by atoms with Crippen LogP contribution in [0, 0.1) is 6.92 Å². The Bertz CT molecular complexity index is 664. The summed E-state index contributed by atoms with van der Waals surface area (Å²) in [5.74, 6) is 0. The SMILES string of the molecule is Cc1cc(CN(CCC(N)=S)C2CC2)c2ccccc2n1. The maximum atomic E-state index is 5.66. The van der Waals surface area contributed by atoms with Gasteiger partial charge in [-0.25, -0.2) is 0 Å². The van der Waals surface area contributed by atoms with Crippen LogP contribution < -0.4 is 5.73 Å². The highest BCUT2D eigenvalue weighted by Crippen LogP contribution is 2.30. The average molecular weight is 299 g/mol. The summed E-state index contributed by atoms with van der Waals surface area (Å²) in [5, 5.41) is 1.25. The van der Waals surface area contributed by atoms with E-state index in [-0.39, 0.29) is 0 Å². The molecular formula is C17H21N3S. The minimum Gasteiger partial charge on any atom is -0.393 e. The van der Waals surface area contributed by atoms with E-state index in [1.165, 1.54) is 23.8 Å². The van der Waals surface area contributed by atoms with Crippen molar-refractivity contribution in [1.29, 1.82) is 0 Å². The van der Waals surface area contributed by atoms with Crippen LogP contribution in [-0.2, 0) is 6.54 Å². The van der Waals surface area contributed by atoms with Crippen molar-refractivity contribution in [1.82, 2.24) is 9.88 Å². The summed E-state index contributed by atoms with van der Waals surface area (Å²) in [6, 6.07) is 11.3. The molecule has 0 atom stereocenters. The number of hydrogen-bond donors (Lipinski definition) is 1. The van der Waals surface area contributed by atoms with Gasteiger partial charge in [0.2, 0.25) is 0 Å². The molecule has 3 nitrogen and oxygen atoms in total. The number of benzene rings is 1. The number of aryl methyl sites for hydroxylation is 1. The Morgan fingerprint density at radius 2 is 2.14 bits per heavy atom. The van der Waals surface area contributed by atoms with Crippen molar-refractivity contribution in [3.8, 4) is 0 Å². The molecule has 1 aromatic carbocycles. The molecule has 0 amide bonds. The van der Waals surface area contributed by atoms with E-state index >= 15 is 0 Å². The Labute approximate surface area is 131 Å². The Kier molecular flexibility index (Phi) is 4.17. The first-order chi connectivity index (χ1) is 10.1. The molecule has 0 radical (unpaired) electrons. The van der Waals surface area contributed by atoms with E-state index in [1.54, 1.807) is 0 Å². The van der Waals surface area contributed by atoms with Crippen LogP contribution in [0.1, 0.15) is 30.5 Å². The molecule has 3 rings (SSSR count). The lowest BCUT2D eigenvalue weighted by Gasteiger charge is -2.22. The van der Waals surface area contributed by atoms with E-state index in [1.807, 2.05) is 6.07 Å². The van der Waals surface area contributed by atoms with Gasteiger partial charge in [0.05, 0.1) is 10.5 Å². The minimum atomic E-state index is 0.608. The summed E-state index contributed by atoms with van der Waals surface area (Å²) < 4.78 is 0. The lowest BCUT2D eigenvalue weighted by Crippen LogP contribution is -2.29. The first-order valence-corrected chi connectivity index (χ1v) is 7.92. The summed E-state index contributed by atoms with van der Waals surface area (Å²) >= 11 is 5.02. The highest BCUT2D eigenvalue weighted by atomic mass is 32.1. The number of fused-ring (bicyclic) bond motifs is 1. The van der Waals surface area contributed by atoms with Gasteiger partial charge in [-0.05, 0) is 37.5 Å². The van der Waals surface area contributed by atoms with Crippen molar-refractivity contribution >= 4 is 28.1 Å². The molecule has 1 aromatic heterocycles. The zero-order valence-corrected chi connectivity index (χ0v) is 13.2. The number of nitrogens with zero attached hydrogens (tertiary/aromatic N) is 2. The van der Waals surface area contributed by atoms with Gasteiger partial charge in [0.25, 0.3) is 0 Å². The zero-order chi connectivity index (χ0) is 14.8. The molecule has 1 saturated carbocycles. The molecule has 1 aliphatic rings. The third kappa shape index (κ3) is 3.57. The smallest absolute Gasteiger partial charge is 0.0740 e. The van der Waals surface area contributed by atoms with E-state index < -0.39 is 0 Å².